The lowest BCUT2D eigenvalue weighted by molar-refractivity contribution is -0.111. The van der Waals surface area contributed by atoms with E-state index in [1.165, 1.54) is 19.3 Å². The van der Waals surface area contributed by atoms with E-state index in [1.807, 2.05) is 0 Å². The van der Waals surface area contributed by atoms with Crippen molar-refractivity contribution in [1.82, 2.24) is 5.32 Å². The zero-order valence-corrected chi connectivity index (χ0v) is 11.3. The fourth-order valence-corrected chi connectivity index (χ4v) is 2.84. The van der Waals surface area contributed by atoms with Gasteiger partial charge in [0.2, 0.25) is 0 Å². The zero-order chi connectivity index (χ0) is 13.0. The number of hydrogen-bond donors (Lipinski definition) is 1. The van der Waals surface area contributed by atoms with Gasteiger partial charge in [-0.15, -0.1) is 0 Å². The van der Waals surface area contributed by atoms with Gasteiger partial charge in [0.15, 0.2) is 0 Å². The van der Waals surface area contributed by atoms with Crippen molar-refractivity contribution in [3.63, 3.8) is 0 Å². The SMILES string of the molecule is CCC1CCC(CNC2CC2)(OCC(F)F)CC1. The monoisotopic (exact) mass is 261 g/mol. The molecule has 2 nitrogen and oxygen atoms in total. The van der Waals surface area contributed by atoms with Crippen LogP contribution in [0.5, 0.6) is 0 Å². The predicted molar refractivity (Wildman–Crippen MR) is 68.0 cm³/mol. The van der Waals surface area contributed by atoms with Crippen LogP contribution in [0.15, 0.2) is 0 Å². The summed E-state index contributed by atoms with van der Waals surface area (Å²) in [6, 6.07) is 0.612. The number of nitrogens with one attached hydrogen (secondary N) is 1. The van der Waals surface area contributed by atoms with Gasteiger partial charge in [-0.25, -0.2) is 8.78 Å². The van der Waals surface area contributed by atoms with Crippen LogP contribution in [0.3, 0.4) is 0 Å². The Morgan fingerprint density at radius 1 is 1.22 bits per heavy atom. The quantitative estimate of drug-likeness (QED) is 0.758. The van der Waals surface area contributed by atoms with Crippen molar-refractivity contribution in [2.45, 2.75) is 69.9 Å². The third-order valence-electron chi connectivity index (χ3n) is 4.40. The first-order valence-corrected chi connectivity index (χ1v) is 7.29. The molecular weight excluding hydrogens is 236 g/mol. The molecule has 0 bridgehead atoms. The maximum Gasteiger partial charge on any atom is 0.261 e. The Balaban J connectivity index is 1.84. The molecule has 2 aliphatic rings. The summed E-state index contributed by atoms with van der Waals surface area (Å²) in [4.78, 5) is 0. The summed E-state index contributed by atoms with van der Waals surface area (Å²) in [6.45, 7) is 2.55. The normalized spacial score (nSPS) is 33.0. The van der Waals surface area contributed by atoms with Gasteiger partial charge in [-0.2, -0.15) is 0 Å². The molecule has 2 saturated carbocycles. The minimum Gasteiger partial charge on any atom is -0.368 e. The van der Waals surface area contributed by atoms with Gasteiger partial charge >= 0.3 is 0 Å². The minimum absolute atomic E-state index is 0.329. The van der Waals surface area contributed by atoms with Crippen LogP contribution in [-0.4, -0.2) is 31.2 Å². The summed E-state index contributed by atoms with van der Waals surface area (Å²) >= 11 is 0. The van der Waals surface area contributed by atoms with Gasteiger partial charge in [0.25, 0.3) is 6.43 Å². The Morgan fingerprint density at radius 3 is 2.39 bits per heavy atom. The van der Waals surface area contributed by atoms with Crippen molar-refractivity contribution in [3.8, 4) is 0 Å². The Kier molecular flexibility index (Phi) is 4.96. The van der Waals surface area contributed by atoms with Crippen LogP contribution in [0, 0.1) is 5.92 Å². The first-order valence-electron chi connectivity index (χ1n) is 7.29. The number of alkyl halides is 2. The molecule has 0 unspecified atom stereocenters. The standard InChI is InChI=1S/C14H25F2NO/c1-2-11-5-7-14(8-6-11,18-9-13(15)16)10-17-12-3-4-12/h11-13,17H,2-10H2,1H3. The molecule has 2 rings (SSSR count). The van der Waals surface area contributed by atoms with Crippen LogP contribution in [0.4, 0.5) is 8.78 Å². The van der Waals surface area contributed by atoms with Crippen LogP contribution >= 0.6 is 0 Å². The van der Waals surface area contributed by atoms with E-state index in [1.54, 1.807) is 0 Å². The highest BCUT2D eigenvalue weighted by Gasteiger charge is 2.37. The number of ether oxygens (including phenoxy) is 1. The smallest absolute Gasteiger partial charge is 0.261 e. The fourth-order valence-electron chi connectivity index (χ4n) is 2.84. The molecule has 0 heterocycles. The van der Waals surface area contributed by atoms with Crippen molar-refractivity contribution in [3.05, 3.63) is 0 Å². The summed E-state index contributed by atoms with van der Waals surface area (Å²) < 4.78 is 30.3. The average molecular weight is 261 g/mol. The van der Waals surface area contributed by atoms with E-state index in [4.69, 9.17) is 4.74 Å². The third-order valence-corrected chi connectivity index (χ3v) is 4.40. The molecule has 0 amide bonds. The summed E-state index contributed by atoms with van der Waals surface area (Å²) in [5, 5.41) is 3.45. The molecule has 0 radical (unpaired) electrons. The molecule has 0 atom stereocenters. The van der Waals surface area contributed by atoms with Gasteiger partial charge in [0, 0.05) is 12.6 Å². The lowest BCUT2D eigenvalue weighted by Gasteiger charge is -2.40. The van der Waals surface area contributed by atoms with Crippen LogP contribution in [0.1, 0.15) is 51.9 Å². The summed E-state index contributed by atoms with van der Waals surface area (Å²) in [5.74, 6) is 0.759. The van der Waals surface area contributed by atoms with Gasteiger partial charge in [0.1, 0.15) is 6.61 Å². The second-order valence-corrected chi connectivity index (χ2v) is 5.89. The lowest BCUT2D eigenvalue weighted by Crippen LogP contribution is -2.47. The molecule has 18 heavy (non-hydrogen) atoms. The Hall–Kier alpha value is -0.220. The van der Waals surface area contributed by atoms with E-state index in [-0.39, 0.29) is 5.60 Å². The lowest BCUT2D eigenvalue weighted by atomic mass is 9.77. The number of halogens is 2. The van der Waals surface area contributed by atoms with E-state index >= 15 is 0 Å². The van der Waals surface area contributed by atoms with Gasteiger partial charge < -0.3 is 10.1 Å². The molecule has 1 N–H and O–H groups in total. The van der Waals surface area contributed by atoms with Crippen molar-refractivity contribution in [2.75, 3.05) is 13.2 Å². The van der Waals surface area contributed by atoms with Crippen LogP contribution in [-0.2, 0) is 4.74 Å². The van der Waals surface area contributed by atoms with Crippen LogP contribution < -0.4 is 5.32 Å². The highest BCUT2D eigenvalue weighted by Crippen LogP contribution is 2.36. The van der Waals surface area contributed by atoms with Crippen molar-refractivity contribution in [1.29, 1.82) is 0 Å². The Labute approximate surface area is 108 Å². The van der Waals surface area contributed by atoms with E-state index in [0.717, 1.165) is 38.1 Å². The maximum absolute atomic E-state index is 12.4. The van der Waals surface area contributed by atoms with Crippen LogP contribution in [0.25, 0.3) is 0 Å². The average Bonchev–Trinajstić information content (AvgIpc) is 3.19. The highest BCUT2D eigenvalue weighted by molar-refractivity contribution is 4.92. The summed E-state index contributed by atoms with van der Waals surface area (Å²) in [5.41, 5.74) is -0.329. The molecule has 0 aliphatic heterocycles. The van der Waals surface area contributed by atoms with E-state index in [2.05, 4.69) is 12.2 Å². The Bertz CT molecular complexity index is 240. The summed E-state index contributed by atoms with van der Waals surface area (Å²) in [7, 11) is 0. The first kappa shape index (κ1) is 14.2. The predicted octanol–water partition coefficient (Wildman–Crippen LogP) is 3.36. The minimum atomic E-state index is -2.35. The molecule has 0 aromatic heterocycles. The van der Waals surface area contributed by atoms with E-state index < -0.39 is 13.0 Å². The molecular formula is C14H25F2NO. The van der Waals surface area contributed by atoms with E-state index in [0.29, 0.717) is 6.04 Å². The van der Waals surface area contributed by atoms with Crippen LogP contribution in [0.2, 0.25) is 0 Å². The largest absolute Gasteiger partial charge is 0.368 e. The second kappa shape index (κ2) is 6.29. The van der Waals surface area contributed by atoms with Crippen molar-refractivity contribution in [2.24, 2.45) is 5.92 Å². The Morgan fingerprint density at radius 2 is 1.89 bits per heavy atom. The molecule has 0 spiro atoms. The molecule has 0 aromatic carbocycles. The fraction of sp³-hybridized carbons (Fsp3) is 1.00. The first-order chi connectivity index (χ1) is 8.63. The molecule has 4 heteroatoms. The van der Waals surface area contributed by atoms with Gasteiger partial charge in [-0.05, 0) is 44.4 Å². The van der Waals surface area contributed by atoms with Crippen molar-refractivity contribution < 1.29 is 13.5 Å². The second-order valence-electron chi connectivity index (χ2n) is 5.89. The van der Waals surface area contributed by atoms with Gasteiger partial charge in [-0.3, -0.25) is 0 Å². The molecule has 2 fully saturated rings. The highest BCUT2D eigenvalue weighted by atomic mass is 19.3. The molecule has 0 aromatic rings. The number of hydrogen-bond acceptors (Lipinski definition) is 2. The third kappa shape index (κ3) is 4.16. The molecule has 0 saturated heterocycles. The summed E-state index contributed by atoms with van der Waals surface area (Å²) in [6.07, 6.45) is 5.38. The van der Waals surface area contributed by atoms with Gasteiger partial charge in [0.05, 0.1) is 5.60 Å². The topological polar surface area (TPSA) is 21.3 Å². The maximum atomic E-state index is 12.4. The van der Waals surface area contributed by atoms with Gasteiger partial charge in [-0.1, -0.05) is 13.3 Å². The molecule has 2 aliphatic carbocycles. The number of rotatable bonds is 7. The van der Waals surface area contributed by atoms with Crippen molar-refractivity contribution >= 4 is 0 Å². The van der Waals surface area contributed by atoms with E-state index in [9.17, 15) is 8.78 Å². The zero-order valence-electron chi connectivity index (χ0n) is 11.3. The molecule has 106 valence electrons.